The molecule has 14 nitrogen and oxygen atoms in total. The molecule has 1 saturated carbocycles. The predicted molar refractivity (Wildman–Crippen MR) is 239 cm³/mol. The molecule has 9 rings (SSSR count). The summed E-state index contributed by atoms with van der Waals surface area (Å²) in [5.41, 5.74) is 5.95. The summed E-state index contributed by atoms with van der Waals surface area (Å²) in [6.07, 6.45) is 8.95. The maximum atomic E-state index is 14.4. The van der Waals surface area contributed by atoms with Crippen LogP contribution >= 0.6 is 11.3 Å². The van der Waals surface area contributed by atoms with Gasteiger partial charge in [-0.3, -0.25) is 24.4 Å². The third kappa shape index (κ3) is 8.40. The number of benzene rings is 3. The highest BCUT2D eigenvalue weighted by molar-refractivity contribution is 7.90. The molecule has 5 heterocycles. The van der Waals surface area contributed by atoms with E-state index in [0.29, 0.717) is 72.6 Å². The van der Waals surface area contributed by atoms with E-state index in [9.17, 15) is 22.8 Å². The molecule has 320 valence electrons. The van der Waals surface area contributed by atoms with Gasteiger partial charge in [-0.05, 0) is 104 Å². The number of rotatable bonds is 11. The number of ether oxygens (including phenoxy) is 1. The van der Waals surface area contributed by atoms with Crippen LogP contribution in [-0.2, 0) is 39.1 Å². The monoisotopic (exact) mass is 872 g/mol. The van der Waals surface area contributed by atoms with Gasteiger partial charge in [0.2, 0.25) is 0 Å². The third-order valence-electron chi connectivity index (χ3n) is 12.5. The number of thiazole rings is 1. The number of pyridine rings is 1. The van der Waals surface area contributed by atoms with E-state index in [-0.39, 0.29) is 28.4 Å². The van der Waals surface area contributed by atoms with Gasteiger partial charge in [0.1, 0.15) is 11.5 Å². The Balaban J connectivity index is 0.998. The highest BCUT2D eigenvalue weighted by atomic mass is 32.2. The Hall–Kier alpha value is -6.13. The Labute approximate surface area is 364 Å². The lowest BCUT2D eigenvalue weighted by Gasteiger charge is -2.31. The molecule has 0 radical (unpaired) electrons. The van der Waals surface area contributed by atoms with Crippen LogP contribution in [-0.4, -0.2) is 72.7 Å². The van der Waals surface area contributed by atoms with Gasteiger partial charge in [0.05, 0.1) is 34.3 Å². The molecule has 2 fully saturated rings. The zero-order chi connectivity index (χ0) is 43.0. The Kier molecular flexibility index (Phi) is 11.5. The maximum Gasteiger partial charge on any atom is 0.310 e. The van der Waals surface area contributed by atoms with E-state index in [1.165, 1.54) is 49.8 Å². The first-order valence-electron chi connectivity index (χ1n) is 21.1. The van der Waals surface area contributed by atoms with E-state index >= 15 is 0 Å². The van der Waals surface area contributed by atoms with Crippen molar-refractivity contribution in [3.63, 3.8) is 0 Å². The fourth-order valence-corrected chi connectivity index (χ4v) is 10.8. The zero-order valence-corrected chi connectivity index (χ0v) is 36.3. The quantitative estimate of drug-likeness (QED) is 0.125. The minimum absolute atomic E-state index is 0.0541. The molecule has 62 heavy (non-hydrogen) atoms. The number of amides is 2. The fourth-order valence-electron chi connectivity index (χ4n) is 9.02. The predicted octanol–water partition coefficient (Wildman–Crippen LogP) is 7.38. The average molecular weight is 873 g/mol. The van der Waals surface area contributed by atoms with E-state index in [1.807, 2.05) is 69.9 Å². The number of esters is 1. The van der Waals surface area contributed by atoms with Crippen molar-refractivity contribution in [1.29, 1.82) is 0 Å². The van der Waals surface area contributed by atoms with E-state index < -0.39 is 15.9 Å². The van der Waals surface area contributed by atoms with Crippen LogP contribution in [0.15, 0.2) is 90.0 Å². The van der Waals surface area contributed by atoms with Crippen LogP contribution < -0.4 is 19.8 Å². The van der Waals surface area contributed by atoms with Gasteiger partial charge >= 0.3 is 5.97 Å². The summed E-state index contributed by atoms with van der Waals surface area (Å²) < 4.78 is 37.9. The Morgan fingerprint density at radius 3 is 2.45 bits per heavy atom. The number of nitrogens with one attached hydrogen (secondary N) is 2. The number of nitrogens with zero attached hydrogens (tertiary/aromatic N) is 6. The number of carbonyl (C=O) groups is 3. The van der Waals surface area contributed by atoms with Gasteiger partial charge < -0.3 is 14.5 Å². The maximum absolute atomic E-state index is 14.4. The van der Waals surface area contributed by atoms with Crippen LogP contribution in [0.25, 0.3) is 21.3 Å². The lowest BCUT2D eigenvalue weighted by Crippen LogP contribution is -2.34. The first kappa shape index (κ1) is 41.2. The molecular weight excluding hydrogens is 825 g/mol. The number of hydrogen-bond donors (Lipinski definition) is 2. The van der Waals surface area contributed by atoms with Crippen molar-refractivity contribution in [1.82, 2.24) is 24.5 Å². The Bertz CT molecular complexity index is 2750. The molecule has 2 aliphatic heterocycles. The van der Waals surface area contributed by atoms with Gasteiger partial charge in [-0.15, -0.1) is 0 Å². The second kappa shape index (κ2) is 17.3. The number of sulfonamides is 1. The van der Waals surface area contributed by atoms with Crippen molar-refractivity contribution in [2.24, 2.45) is 11.8 Å². The third-order valence-corrected chi connectivity index (χ3v) is 14.8. The molecular formula is C46H48N8O6S2. The number of para-hydroxylation sites is 1. The SMILES string of the molecule is COC(=O)[C@H]1CCN(c2ccc(S(=O)(=O)NC(=O)c3nc(N4CCc5cccc(C(=O)Nc6nc7ccccc7s6)c5C4)ccc3-c3cnn(CC4CCCCC4)c3C)cc2)C1. The normalized spacial score (nSPS) is 16.9. The van der Waals surface area contributed by atoms with Crippen molar-refractivity contribution in [3.05, 3.63) is 113 Å². The van der Waals surface area contributed by atoms with Gasteiger partial charge in [0, 0.05) is 60.8 Å². The molecule has 16 heteroatoms. The number of fused-ring (bicyclic) bond motifs is 2. The highest BCUT2D eigenvalue weighted by Gasteiger charge is 2.31. The lowest BCUT2D eigenvalue weighted by atomic mass is 9.89. The molecule has 3 aromatic heterocycles. The smallest absolute Gasteiger partial charge is 0.310 e. The van der Waals surface area contributed by atoms with Crippen LogP contribution in [0.5, 0.6) is 0 Å². The van der Waals surface area contributed by atoms with Crippen molar-refractivity contribution in [3.8, 4) is 11.1 Å². The van der Waals surface area contributed by atoms with Crippen LogP contribution in [0, 0.1) is 18.8 Å². The molecule has 6 aromatic rings. The number of carbonyl (C=O) groups excluding carboxylic acids is 3. The fraction of sp³-hybridized carbons (Fsp3) is 0.348. The molecule has 3 aliphatic rings. The minimum Gasteiger partial charge on any atom is -0.469 e. The standard InChI is InChI=1S/C46H48N8O6S2/c1-29-37(25-47-54(29)26-30-9-4-3-5-10-30)35-19-20-41(49-42(35)44(56)51-62(58,59)34-17-15-33(16-18-34)52-23-22-32(27-52)45(57)60-2)53-24-21-31-11-8-12-36(38(31)28-53)43(55)50-46-48-39-13-6-7-14-40(39)61-46/h6-8,11-20,25,30,32H,3-5,9-10,21-24,26-28H2,1-2H3,(H,51,56)(H,48,50,55)/t32-/m0/s1. The summed E-state index contributed by atoms with van der Waals surface area (Å²) in [5, 5.41) is 8.24. The van der Waals surface area contributed by atoms with Crippen LogP contribution in [0.3, 0.4) is 0 Å². The molecule has 1 saturated heterocycles. The van der Waals surface area contributed by atoms with Gasteiger partial charge in [-0.2, -0.15) is 5.10 Å². The first-order valence-corrected chi connectivity index (χ1v) is 23.4. The number of methoxy groups -OCH3 is 1. The topological polar surface area (TPSA) is 169 Å². The number of anilines is 3. The Morgan fingerprint density at radius 1 is 0.855 bits per heavy atom. The van der Waals surface area contributed by atoms with Crippen LogP contribution in [0.1, 0.15) is 76.2 Å². The van der Waals surface area contributed by atoms with E-state index in [2.05, 4.69) is 15.0 Å². The molecule has 3 aromatic carbocycles. The average Bonchev–Trinajstić information content (AvgIpc) is 4.04. The van der Waals surface area contributed by atoms with Crippen molar-refractivity contribution in [2.75, 3.05) is 41.9 Å². The minimum atomic E-state index is -4.34. The molecule has 1 atom stereocenters. The second-order valence-corrected chi connectivity index (χ2v) is 19.0. The van der Waals surface area contributed by atoms with E-state index in [0.717, 1.165) is 52.1 Å². The summed E-state index contributed by atoms with van der Waals surface area (Å²) in [5.74, 6) is -0.674. The highest BCUT2D eigenvalue weighted by Crippen LogP contribution is 2.34. The summed E-state index contributed by atoms with van der Waals surface area (Å²) in [4.78, 5) is 53.7. The second-order valence-electron chi connectivity index (χ2n) is 16.3. The zero-order valence-electron chi connectivity index (χ0n) is 34.7. The van der Waals surface area contributed by atoms with Crippen LogP contribution in [0.4, 0.5) is 16.6 Å². The molecule has 2 amide bonds. The van der Waals surface area contributed by atoms with E-state index in [1.54, 1.807) is 24.4 Å². The first-order chi connectivity index (χ1) is 30.0. The van der Waals surface area contributed by atoms with Gasteiger partial charge in [0.25, 0.3) is 21.8 Å². The van der Waals surface area contributed by atoms with Gasteiger partial charge in [-0.1, -0.05) is 54.9 Å². The molecule has 1 aliphatic carbocycles. The molecule has 2 N–H and O–H groups in total. The molecule has 0 spiro atoms. The molecule has 0 bridgehead atoms. The van der Waals surface area contributed by atoms with Crippen LogP contribution in [0.2, 0.25) is 0 Å². The number of hydrogen-bond acceptors (Lipinski definition) is 12. The largest absolute Gasteiger partial charge is 0.469 e. The van der Waals surface area contributed by atoms with E-state index in [4.69, 9.17) is 14.8 Å². The summed E-state index contributed by atoms with van der Waals surface area (Å²) in [6.45, 7) is 4.74. The molecule has 0 unspecified atom stereocenters. The van der Waals surface area contributed by atoms with Gasteiger partial charge in [-0.25, -0.2) is 23.1 Å². The summed E-state index contributed by atoms with van der Waals surface area (Å²) in [7, 11) is -2.97. The van der Waals surface area contributed by atoms with Gasteiger partial charge in [0.15, 0.2) is 5.13 Å². The van der Waals surface area contributed by atoms with Crippen molar-refractivity contribution in [2.45, 2.75) is 69.9 Å². The number of aromatic nitrogens is 4. The summed E-state index contributed by atoms with van der Waals surface area (Å²) >= 11 is 1.41. The lowest BCUT2D eigenvalue weighted by molar-refractivity contribution is -0.144. The summed E-state index contributed by atoms with van der Waals surface area (Å²) in [6, 6.07) is 23.3. The Morgan fingerprint density at radius 2 is 1.66 bits per heavy atom. The van der Waals surface area contributed by atoms with Crippen molar-refractivity contribution < 1.29 is 27.5 Å². The van der Waals surface area contributed by atoms with Crippen molar-refractivity contribution >= 4 is 66.0 Å².